The Labute approximate surface area is 196 Å². The predicted octanol–water partition coefficient (Wildman–Crippen LogP) is 4.10. The zero-order chi connectivity index (χ0) is 24.2. The van der Waals surface area contributed by atoms with E-state index in [1.54, 1.807) is 12.1 Å². The number of nitrogens with one attached hydrogen (secondary N) is 1. The van der Waals surface area contributed by atoms with Gasteiger partial charge in [0.25, 0.3) is 5.56 Å². The van der Waals surface area contributed by atoms with E-state index in [1.165, 1.54) is 25.1 Å². The molecular formula is C25H26N4O5. The topological polar surface area (TPSA) is 108 Å². The Balaban J connectivity index is 1.40. The Morgan fingerprint density at radius 1 is 1.12 bits per heavy atom. The number of aryl methyl sites for hydroxylation is 3. The number of hydrogen-bond acceptors (Lipinski definition) is 7. The van der Waals surface area contributed by atoms with Crippen LogP contribution in [0.5, 0.6) is 11.5 Å². The van der Waals surface area contributed by atoms with Gasteiger partial charge in [-0.05, 0) is 44.5 Å². The Bertz CT molecular complexity index is 1390. The molecule has 2 aromatic heterocycles. The van der Waals surface area contributed by atoms with Crippen LogP contribution in [0.15, 0.2) is 51.9 Å². The van der Waals surface area contributed by atoms with Crippen LogP contribution in [0.2, 0.25) is 0 Å². The largest absolute Gasteiger partial charge is 0.493 e. The second-order valence-corrected chi connectivity index (χ2v) is 7.86. The second-order valence-electron chi connectivity index (χ2n) is 7.86. The number of ether oxygens (including phenoxy) is 2. The normalized spacial score (nSPS) is 10.9. The first kappa shape index (κ1) is 23.0. The van der Waals surface area contributed by atoms with E-state index < -0.39 is 0 Å². The highest BCUT2D eigenvalue weighted by molar-refractivity contribution is 5.91. The molecule has 34 heavy (non-hydrogen) atoms. The van der Waals surface area contributed by atoms with Crippen molar-refractivity contribution in [3.8, 4) is 23.0 Å². The van der Waals surface area contributed by atoms with Gasteiger partial charge < -0.3 is 19.2 Å². The van der Waals surface area contributed by atoms with Crippen molar-refractivity contribution in [3.63, 3.8) is 0 Å². The van der Waals surface area contributed by atoms with E-state index in [9.17, 15) is 9.59 Å². The molecule has 0 saturated heterocycles. The highest BCUT2D eigenvalue weighted by Gasteiger charge is 2.12. The second kappa shape index (κ2) is 9.78. The number of rotatable bonds is 8. The van der Waals surface area contributed by atoms with Crippen molar-refractivity contribution < 1.29 is 18.7 Å². The van der Waals surface area contributed by atoms with Crippen LogP contribution in [-0.4, -0.2) is 34.7 Å². The lowest BCUT2D eigenvalue weighted by Crippen LogP contribution is -2.22. The summed E-state index contributed by atoms with van der Waals surface area (Å²) in [5.74, 6) is 2.10. The van der Waals surface area contributed by atoms with E-state index in [1.807, 2.05) is 38.1 Å². The number of oxazole rings is 1. The van der Waals surface area contributed by atoms with Gasteiger partial charge >= 0.3 is 0 Å². The summed E-state index contributed by atoms with van der Waals surface area (Å²) >= 11 is 0. The van der Waals surface area contributed by atoms with Crippen LogP contribution in [0.25, 0.3) is 22.4 Å². The highest BCUT2D eigenvalue weighted by Crippen LogP contribution is 2.30. The van der Waals surface area contributed by atoms with Gasteiger partial charge in [0.15, 0.2) is 11.5 Å². The molecule has 1 amide bonds. The summed E-state index contributed by atoms with van der Waals surface area (Å²) in [5.41, 5.74) is 2.60. The maximum absolute atomic E-state index is 12.9. The van der Waals surface area contributed by atoms with Crippen molar-refractivity contribution in [2.45, 2.75) is 33.2 Å². The van der Waals surface area contributed by atoms with Crippen LogP contribution in [0, 0.1) is 13.8 Å². The van der Waals surface area contributed by atoms with Gasteiger partial charge in [-0.25, -0.2) is 9.97 Å². The van der Waals surface area contributed by atoms with Gasteiger partial charge in [-0.1, -0.05) is 6.07 Å². The standard InChI is InChI=1S/C25H26N4O5/c1-15-16(2)34-24(27-15)17-7-5-8-18(11-17)28-23(30)9-6-10-29-14-26-20-13-22(33-4)21(32-3)12-19(20)25(29)31/h5,7-8,11-14H,6,9-10H2,1-4H3,(H,28,30). The minimum Gasteiger partial charge on any atom is -0.493 e. The minimum atomic E-state index is -0.199. The fourth-order valence-electron chi connectivity index (χ4n) is 3.60. The highest BCUT2D eigenvalue weighted by atomic mass is 16.5. The number of aromatic nitrogens is 3. The van der Waals surface area contributed by atoms with Crippen molar-refractivity contribution in [1.29, 1.82) is 0 Å². The molecule has 176 valence electrons. The lowest BCUT2D eigenvalue weighted by Gasteiger charge is -2.11. The molecule has 0 fully saturated rings. The molecule has 0 spiro atoms. The van der Waals surface area contributed by atoms with Gasteiger partial charge in [-0.15, -0.1) is 0 Å². The number of methoxy groups -OCH3 is 2. The Kier molecular flexibility index (Phi) is 6.62. The zero-order valence-corrected chi connectivity index (χ0v) is 19.5. The first-order valence-electron chi connectivity index (χ1n) is 10.8. The number of fused-ring (bicyclic) bond motifs is 1. The van der Waals surface area contributed by atoms with Gasteiger partial charge in [0.1, 0.15) is 5.76 Å². The molecule has 0 radical (unpaired) electrons. The van der Waals surface area contributed by atoms with Gasteiger partial charge in [-0.2, -0.15) is 0 Å². The molecular weight excluding hydrogens is 436 g/mol. The summed E-state index contributed by atoms with van der Waals surface area (Å²) in [5, 5.41) is 3.32. The molecule has 2 heterocycles. The number of carbonyl (C=O) groups excluding carboxylic acids is 1. The molecule has 0 aliphatic carbocycles. The summed E-state index contributed by atoms with van der Waals surface area (Å²) in [4.78, 5) is 34.1. The molecule has 9 heteroatoms. The third-order valence-corrected chi connectivity index (χ3v) is 5.55. The summed E-state index contributed by atoms with van der Waals surface area (Å²) in [6.07, 6.45) is 2.21. The Morgan fingerprint density at radius 2 is 1.88 bits per heavy atom. The van der Waals surface area contributed by atoms with Gasteiger partial charge in [-0.3, -0.25) is 14.2 Å². The molecule has 9 nitrogen and oxygen atoms in total. The lowest BCUT2D eigenvalue weighted by atomic mass is 10.2. The summed E-state index contributed by atoms with van der Waals surface area (Å²) in [7, 11) is 3.04. The van der Waals surface area contributed by atoms with Crippen molar-refractivity contribution >= 4 is 22.5 Å². The molecule has 4 aromatic rings. The van der Waals surface area contributed by atoms with E-state index in [4.69, 9.17) is 13.9 Å². The Hall–Kier alpha value is -4.14. The first-order valence-corrected chi connectivity index (χ1v) is 10.8. The number of hydrogen-bond donors (Lipinski definition) is 1. The molecule has 0 aliphatic heterocycles. The molecule has 4 rings (SSSR count). The molecule has 2 aromatic carbocycles. The monoisotopic (exact) mass is 462 g/mol. The SMILES string of the molecule is COc1cc2ncn(CCCC(=O)Nc3cccc(-c4nc(C)c(C)o4)c3)c(=O)c2cc1OC. The number of carbonyl (C=O) groups is 1. The average molecular weight is 463 g/mol. The summed E-state index contributed by atoms with van der Waals surface area (Å²) < 4.78 is 17.7. The van der Waals surface area contributed by atoms with Crippen molar-refractivity contribution in [2.24, 2.45) is 0 Å². The summed E-state index contributed by atoms with van der Waals surface area (Å²) in [6.45, 7) is 4.11. The zero-order valence-electron chi connectivity index (χ0n) is 19.5. The molecule has 0 atom stereocenters. The van der Waals surface area contributed by atoms with E-state index in [0.29, 0.717) is 46.9 Å². The maximum atomic E-state index is 12.9. The maximum Gasteiger partial charge on any atom is 0.261 e. The van der Waals surface area contributed by atoms with Gasteiger partial charge in [0.2, 0.25) is 11.8 Å². The minimum absolute atomic E-state index is 0.148. The smallest absolute Gasteiger partial charge is 0.261 e. The Morgan fingerprint density at radius 3 is 2.59 bits per heavy atom. The molecule has 1 N–H and O–H groups in total. The molecule has 0 saturated carbocycles. The number of benzene rings is 2. The van der Waals surface area contributed by atoms with Crippen LogP contribution in [0.4, 0.5) is 5.69 Å². The van der Waals surface area contributed by atoms with E-state index in [-0.39, 0.29) is 17.9 Å². The van der Waals surface area contributed by atoms with E-state index >= 15 is 0 Å². The van der Waals surface area contributed by atoms with E-state index in [2.05, 4.69) is 15.3 Å². The fraction of sp³-hybridized carbons (Fsp3) is 0.280. The van der Waals surface area contributed by atoms with Crippen molar-refractivity contribution in [1.82, 2.24) is 14.5 Å². The molecule has 0 unspecified atom stereocenters. The first-order chi connectivity index (χ1) is 16.4. The predicted molar refractivity (Wildman–Crippen MR) is 128 cm³/mol. The molecule has 0 aliphatic rings. The fourth-order valence-corrected chi connectivity index (χ4v) is 3.60. The number of amides is 1. The summed E-state index contributed by atoms with van der Waals surface area (Å²) in [6, 6.07) is 10.6. The van der Waals surface area contributed by atoms with Crippen molar-refractivity contribution in [3.05, 3.63) is 64.5 Å². The van der Waals surface area contributed by atoms with Crippen LogP contribution in [0.1, 0.15) is 24.3 Å². The quantitative estimate of drug-likeness (QED) is 0.420. The van der Waals surface area contributed by atoms with Crippen LogP contribution in [0.3, 0.4) is 0 Å². The number of nitrogens with zero attached hydrogens (tertiary/aromatic N) is 3. The van der Waals surface area contributed by atoms with Crippen LogP contribution >= 0.6 is 0 Å². The van der Waals surface area contributed by atoms with Crippen LogP contribution in [-0.2, 0) is 11.3 Å². The lowest BCUT2D eigenvalue weighted by molar-refractivity contribution is -0.116. The van der Waals surface area contributed by atoms with Crippen molar-refractivity contribution in [2.75, 3.05) is 19.5 Å². The molecule has 0 bridgehead atoms. The van der Waals surface area contributed by atoms with Gasteiger partial charge in [0.05, 0.1) is 37.1 Å². The third kappa shape index (κ3) is 4.78. The third-order valence-electron chi connectivity index (χ3n) is 5.55. The van der Waals surface area contributed by atoms with Crippen LogP contribution < -0.4 is 20.3 Å². The van der Waals surface area contributed by atoms with E-state index in [0.717, 1.165) is 17.0 Å². The number of anilines is 1. The average Bonchev–Trinajstić information content (AvgIpc) is 3.18. The van der Waals surface area contributed by atoms with Gasteiger partial charge in [0, 0.05) is 30.3 Å².